The van der Waals surface area contributed by atoms with Crippen LogP contribution in [0.15, 0.2) is 42.5 Å². The summed E-state index contributed by atoms with van der Waals surface area (Å²) in [4.78, 5) is 13.2. The van der Waals surface area contributed by atoms with E-state index < -0.39 is 5.97 Å². The maximum absolute atomic E-state index is 11.2. The molecule has 0 aliphatic carbocycles. The molecule has 104 valence electrons. The Morgan fingerprint density at radius 2 is 2.05 bits per heavy atom. The number of hydrogen-bond acceptors (Lipinski definition) is 3. The fourth-order valence-electron chi connectivity index (χ4n) is 2.86. The van der Waals surface area contributed by atoms with E-state index in [0.29, 0.717) is 6.67 Å². The van der Waals surface area contributed by atoms with Crippen LogP contribution >= 0.6 is 0 Å². The number of nitrogens with one attached hydrogen (secondary N) is 1. The van der Waals surface area contributed by atoms with Crippen molar-refractivity contribution >= 4 is 22.4 Å². The van der Waals surface area contributed by atoms with Gasteiger partial charge in [0.15, 0.2) is 0 Å². The molecule has 1 fully saturated rings. The lowest BCUT2D eigenvalue weighted by Gasteiger charge is -2.22. The molecular weight excluding hydrogens is 252 g/mol. The van der Waals surface area contributed by atoms with Crippen molar-refractivity contribution in [3.05, 3.63) is 42.5 Å². The van der Waals surface area contributed by atoms with Gasteiger partial charge >= 0.3 is 5.97 Å². The normalized spacial score (nSPS) is 19.3. The number of fused-ring (bicyclic) bond motifs is 1. The summed E-state index contributed by atoms with van der Waals surface area (Å²) in [6.07, 6.45) is 1.70. The van der Waals surface area contributed by atoms with Crippen molar-refractivity contribution in [2.24, 2.45) is 0 Å². The minimum Gasteiger partial charge on any atom is -0.480 e. The summed E-state index contributed by atoms with van der Waals surface area (Å²) < 4.78 is 0. The lowest BCUT2D eigenvalue weighted by atomic mass is 10.1. The van der Waals surface area contributed by atoms with Gasteiger partial charge in [0.05, 0.1) is 6.67 Å². The number of benzene rings is 2. The van der Waals surface area contributed by atoms with Gasteiger partial charge in [0, 0.05) is 17.6 Å². The lowest BCUT2D eigenvalue weighted by molar-refractivity contribution is -0.142. The molecule has 1 atom stereocenters. The predicted molar refractivity (Wildman–Crippen MR) is 79.8 cm³/mol. The molecule has 0 amide bonds. The van der Waals surface area contributed by atoms with Crippen LogP contribution in [0.2, 0.25) is 0 Å². The van der Waals surface area contributed by atoms with Gasteiger partial charge in [-0.2, -0.15) is 0 Å². The summed E-state index contributed by atoms with van der Waals surface area (Å²) in [5.74, 6) is -0.720. The van der Waals surface area contributed by atoms with Crippen molar-refractivity contribution < 1.29 is 9.90 Å². The quantitative estimate of drug-likeness (QED) is 0.897. The molecule has 0 aromatic heterocycles. The standard InChI is InChI=1S/C16H18N2O2/c19-16(20)15-9-4-10-18(15)11-17-14-8-3-6-12-5-1-2-7-13(12)14/h1-3,5-8,15,17H,4,9-11H2,(H,19,20). The molecule has 1 unspecified atom stereocenters. The van der Waals surface area contributed by atoms with Crippen LogP contribution in [0, 0.1) is 0 Å². The van der Waals surface area contributed by atoms with Crippen LogP contribution in [0.25, 0.3) is 10.8 Å². The molecule has 0 spiro atoms. The van der Waals surface area contributed by atoms with E-state index >= 15 is 0 Å². The number of carbonyl (C=O) groups is 1. The Hall–Kier alpha value is -2.07. The third-order valence-electron chi connectivity index (χ3n) is 3.91. The summed E-state index contributed by atoms with van der Waals surface area (Å²) in [6, 6.07) is 14.0. The van der Waals surface area contributed by atoms with Crippen LogP contribution in [-0.2, 0) is 4.79 Å². The Kier molecular flexibility index (Phi) is 3.56. The van der Waals surface area contributed by atoms with Crippen molar-refractivity contribution in [1.82, 2.24) is 4.90 Å². The first-order chi connectivity index (χ1) is 9.75. The summed E-state index contributed by atoms with van der Waals surface area (Å²) in [7, 11) is 0. The van der Waals surface area contributed by atoms with Gasteiger partial charge in [-0.25, -0.2) is 0 Å². The van der Waals surface area contributed by atoms with Crippen molar-refractivity contribution in [2.75, 3.05) is 18.5 Å². The summed E-state index contributed by atoms with van der Waals surface area (Å²) in [5.41, 5.74) is 1.05. The summed E-state index contributed by atoms with van der Waals surface area (Å²) in [6.45, 7) is 1.42. The first kappa shape index (κ1) is 12.9. The third-order valence-corrected chi connectivity index (χ3v) is 3.91. The number of likely N-dealkylation sites (tertiary alicyclic amines) is 1. The molecule has 0 saturated carbocycles. The molecule has 20 heavy (non-hydrogen) atoms. The molecule has 2 aromatic rings. The Labute approximate surface area is 118 Å². The fraction of sp³-hybridized carbons (Fsp3) is 0.312. The summed E-state index contributed by atoms with van der Waals surface area (Å²) >= 11 is 0. The monoisotopic (exact) mass is 270 g/mol. The van der Waals surface area contributed by atoms with Gasteiger partial charge in [-0.05, 0) is 24.3 Å². The van der Waals surface area contributed by atoms with Crippen LogP contribution in [0.5, 0.6) is 0 Å². The maximum Gasteiger partial charge on any atom is 0.320 e. The van der Waals surface area contributed by atoms with E-state index in [1.807, 2.05) is 29.2 Å². The first-order valence-electron chi connectivity index (χ1n) is 6.94. The Morgan fingerprint density at radius 3 is 2.90 bits per heavy atom. The molecule has 2 aromatic carbocycles. The molecule has 4 nitrogen and oxygen atoms in total. The zero-order valence-corrected chi connectivity index (χ0v) is 11.2. The minimum absolute atomic E-state index is 0.350. The lowest BCUT2D eigenvalue weighted by Crippen LogP contribution is -2.39. The number of anilines is 1. The molecule has 3 rings (SSSR count). The average molecular weight is 270 g/mol. The fourth-order valence-corrected chi connectivity index (χ4v) is 2.86. The number of carboxylic acid groups (broad SMARTS) is 1. The van der Waals surface area contributed by atoms with Crippen LogP contribution < -0.4 is 5.32 Å². The second kappa shape index (κ2) is 5.51. The number of carboxylic acids is 1. The van der Waals surface area contributed by atoms with Crippen LogP contribution in [0.3, 0.4) is 0 Å². The van der Waals surface area contributed by atoms with E-state index in [-0.39, 0.29) is 6.04 Å². The number of aliphatic carboxylic acids is 1. The highest BCUT2D eigenvalue weighted by atomic mass is 16.4. The highest BCUT2D eigenvalue weighted by Gasteiger charge is 2.29. The molecular formula is C16H18N2O2. The van der Waals surface area contributed by atoms with E-state index in [0.717, 1.165) is 25.1 Å². The Balaban J connectivity index is 1.76. The van der Waals surface area contributed by atoms with Gasteiger partial charge in [-0.1, -0.05) is 36.4 Å². The minimum atomic E-state index is -0.720. The van der Waals surface area contributed by atoms with Crippen molar-refractivity contribution in [2.45, 2.75) is 18.9 Å². The second-order valence-electron chi connectivity index (χ2n) is 5.17. The zero-order chi connectivity index (χ0) is 13.9. The number of nitrogens with zero attached hydrogens (tertiary/aromatic N) is 1. The topological polar surface area (TPSA) is 52.6 Å². The van der Waals surface area contributed by atoms with Gasteiger partial charge in [-0.15, -0.1) is 0 Å². The molecule has 1 aliphatic rings. The second-order valence-corrected chi connectivity index (χ2v) is 5.17. The molecule has 1 heterocycles. The van der Waals surface area contributed by atoms with Crippen LogP contribution in [0.4, 0.5) is 5.69 Å². The van der Waals surface area contributed by atoms with E-state index in [1.165, 1.54) is 10.8 Å². The zero-order valence-electron chi connectivity index (χ0n) is 11.2. The van der Waals surface area contributed by atoms with Crippen molar-refractivity contribution in [3.8, 4) is 0 Å². The first-order valence-corrected chi connectivity index (χ1v) is 6.94. The Morgan fingerprint density at radius 1 is 1.25 bits per heavy atom. The maximum atomic E-state index is 11.2. The van der Waals surface area contributed by atoms with Crippen molar-refractivity contribution in [1.29, 1.82) is 0 Å². The van der Waals surface area contributed by atoms with E-state index in [4.69, 9.17) is 0 Å². The van der Waals surface area contributed by atoms with Crippen molar-refractivity contribution in [3.63, 3.8) is 0 Å². The average Bonchev–Trinajstić information content (AvgIpc) is 2.93. The largest absolute Gasteiger partial charge is 0.480 e. The molecule has 4 heteroatoms. The van der Waals surface area contributed by atoms with Crippen LogP contribution in [0.1, 0.15) is 12.8 Å². The highest BCUT2D eigenvalue weighted by molar-refractivity contribution is 5.93. The van der Waals surface area contributed by atoms with E-state index in [9.17, 15) is 9.90 Å². The Bertz CT molecular complexity index is 621. The molecule has 0 radical (unpaired) electrons. The number of rotatable bonds is 4. The molecule has 1 saturated heterocycles. The van der Waals surface area contributed by atoms with Gasteiger partial charge in [-0.3, -0.25) is 9.69 Å². The van der Waals surface area contributed by atoms with E-state index in [2.05, 4.69) is 23.5 Å². The smallest absolute Gasteiger partial charge is 0.320 e. The van der Waals surface area contributed by atoms with E-state index in [1.54, 1.807) is 0 Å². The molecule has 1 aliphatic heterocycles. The SMILES string of the molecule is O=C(O)C1CCCN1CNc1cccc2ccccc12. The molecule has 2 N–H and O–H groups in total. The van der Waals surface area contributed by atoms with Gasteiger partial charge in [0.25, 0.3) is 0 Å². The molecule has 0 bridgehead atoms. The summed E-state index contributed by atoms with van der Waals surface area (Å²) in [5, 5.41) is 14.9. The highest BCUT2D eigenvalue weighted by Crippen LogP contribution is 2.24. The third kappa shape index (κ3) is 2.47. The predicted octanol–water partition coefficient (Wildman–Crippen LogP) is 2.76. The number of hydrogen-bond donors (Lipinski definition) is 2. The van der Waals surface area contributed by atoms with Crippen LogP contribution in [-0.4, -0.2) is 35.2 Å². The van der Waals surface area contributed by atoms with Gasteiger partial charge in [0.1, 0.15) is 6.04 Å². The van der Waals surface area contributed by atoms with Gasteiger partial charge in [0.2, 0.25) is 0 Å². The van der Waals surface area contributed by atoms with Gasteiger partial charge < -0.3 is 10.4 Å².